The van der Waals surface area contributed by atoms with Crippen molar-refractivity contribution in [3.63, 3.8) is 0 Å². The molecule has 0 aromatic rings. The Labute approximate surface area is 191 Å². The van der Waals surface area contributed by atoms with E-state index in [2.05, 4.69) is 41.5 Å². The first-order chi connectivity index (χ1) is 14.5. The van der Waals surface area contributed by atoms with Crippen LogP contribution in [0.5, 0.6) is 0 Å². The molecule has 0 aromatic carbocycles. The SMILES string of the molecule is C[C@@H]1[C@@H](O)CC[C@]23C[C@]24CC[C@]2(C)[C@@H]([C@H](C)CC[C@H]5OC5(C)C)CC[C@@]2(C)[C@@H]4CC[C@@H]13. The Balaban J connectivity index is 1.23. The van der Waals surface area contributed by atoms with E-state index in [-0.39, 0.29) is 11.7 Å². The van der Waals surface area contributed by atoms with Crippen molar-refractivity contribution < 1.29 is 9.84 Å². The zero-order valence-corrected chi connectivity index (χ0v) is 21.2. The molecule has 31 heavy (non-hydrogen) atoms. The van der Waals surface area contributed by atoms with E-state index in [1.54, 1.807) is 0 Å². The van der Waals surface area contributed by atoms with Gasteiger partial charge in [-0.2, -0.15) is 0 Å². The Kier molecular flexibility index (Phi) is 4.37. The van der Waals surface area contributed by atoms with Crippen LogP contribution in [-0.4, -0.2) is 22.9 Å². The molecule has 5 aliphatic carbocycles. The molecule has 176 valence electrons. The molecule has 2 nitrogen and oxygen atoms in total. The molecule has 0 amide bonds. The molecule has 6 rings (SSSR count). The van der Waals surface area contributed by atoms with Crippen LogP contribution in [0.25, 0.3) is 0 Å². The fraction of sp³-hybridized carbons (Fsp3) is 1.00. The predicted octanol–water partition coefficient (Wildman–Crippen LogP) is 6.99. The highest BCUT2D eigenvalue weighted by Crippen LogP contribution is 2.88. The van der Waals surface area contributed by atoms with Gasteiger partial charge < -0.3 is 9.84 Å². The van der Waals surface area contributed by atoms with Crippen molar-refractivity contribution in [2.24, 2.45) is 51.2 Å². The average Bonchev–Trinajstić information content (AvgIpc) is 3.53. The molecular weight excluding hydrogens is 380 g/mol. The topological polar surface area (TPSA) is 32.8 Å². The first-order valence-corrected chi connectivity index (χ1v) is 13.9. The Morgan fingerprint density at radius 1 is 0.903 bits per heavy atom. The number of fused-ring (bicyclic) bond motifs is 2. The zero-order chi connectivity index (χ0) is 22.0. The van der Waals surface area contributed by atoms with Crippen LogP contribution in [0.15, 0.2) is 0 Å². The maximum Gasteiger partial charge on any atom is 0.0892 e. The van der Waals surface area contributed by atoms with Gasteiger partial charge in [-0.25, -0.2) is 0 Å². The second-order valence-corrected chi connectivity index (χ2v) is 14.4. The fourth-order valence-electron chi connectivity index (χ4n) is 11.3. The van der Waals surface area contributed by atoms with E-state index in [4.69, 9.17) is 4.74 Å². The van der Waals surface area contributed by atoms with Crippen molar-refractivity contribution in [1.29, 1.82) is 0 Å². The third-order valence-electron chi connectivity index (χ3n) is 13.5. The molecule has 1 aliphatic heterocycles. The van der Waals surface area contributed by atoms with Gasteiger partial charge in [0.25, 0.3) is 0 Å². The monoisotopic (exact) mass is 428 g/mol. The highest BCUT2D eigenvalue weighted by molar-refractivity contribution is 5.29. The molecule has 5 saturated carbocycles. The van der Waals surface area contributed by atoms with Gasteiger partial charge >= 0.3 is 0 Å². The molecule has 0 unspecified atom stereocenters. The molecule has 1 N–H and O–H groups in total. The van der Waals surface area contributed by atoms with Crippen LogP contribution in [-0.2, 0) is 4.74 Å². The van der Waals surface area contributed by atoms with Crippen LogP contribution in [0.1, 0.15) is 112 Å². The molecule has 0 bridgehead atoms. The van der Waals surface area contributed by atoms with E-state index in [0.717, 1.165) is 30.1 Å². The van der Waals surface area contributed by atoms with Gasteiger partial charge in [-0.15, -0.1) is 0 Å². The lowest BCUT2D eigenvalue weighted by Crippen LogP contribution is -2.55. The number of aliphatic hydroxyl groups excluding tert-OH is 1. The van der Waals surface area contributed by atoms with Crippen molar-refractivity contribution in [2.45, 2.75) is 130 Å². The molecule has 0 radical (unpaired) electrons. The molecule has 0 aromatic heterocycles. The number of ether oxygens (including phenoxy) is 1. The zero-order valence-electron chi connectivity index (χ0n) is 21.2. The third-order valence-corrected chi connectivity index (χ3v) is 13.5. The normalized spacial score (nSPS) is 59.7. The van der Waals surface area contributed by atoms with E-state index in [0.29, 0.717) is 33.7 Å². The average molecular weight is 429 g/mol. The molecule has 2 spiro atoms. The lowest BCUT2D eigenvalue weighted by atomic mass is 9.43. The first-order valence-electron chi connectivity index (χ1n) is 13.9. The van der Waals surface area contributed by atoms with Crippen LogP contribution in [0.2, 0.25) is 0 Å². The Bertz CT molecular complexity index is 760. The van der Waals surface area contributed by atoms with Gasteiger partial charge in [0.15, 0.2) is 0 Å². The largest absolute Gasteiger partial charge is 0.393 e. The Hall–Kier alpha value is -0.0800. The number of epoxide rings is 1. The van der Waals surface area contributed by atoms with Gasteiger partial charge in [-0.05, 0) is 136 Å². The third kappa shape index (κ3) is 2.53. The Morgan fingerprint density at radius 3 is 2.35 bits per heavy atom. The van der Waals surface area contributed by atoms with Gasteiger partial charge in [0, 0.05) is 0 Å². The molecule has 11 atom stereocenters. The van der Waals surface area contributed by atoms with E-state index in [9.17, 15) is 5.11 Å². The second-order valence-electron chi connectivity index (χ2n) is 14.4. The lowest BCUT2D eigenvalue weighted by Gasteiger charge is -2.62. The van der Waals surface area contributed by atoms with Gasteiger partial charge in [0.2, 0.25) is 0 Å². The summed E-state index contributed by atoms with van der Waals surface area (Å²) in [5.41, 5.74) is 2.46. The van der Waals surface area contributed by atoms with E-state index < -0.39 is 0 Å². The predicted molar refractivity (Wildman–Crippen MR) is 126 cm³/mol. The minimum atomic E-state index is -0.0357. The van der Waals surface area contributed by atoms with Crippen LogP contribution in [0.4, 0.5) is 0 Å². The smallest absolute Gasteiger partial charge is 0.0892 e. The summed E-state index contributed by atoms with van der Waals surface area (Å²) in [7, 11) is 0. The van der Waals surface area contributed by atoms with E-state index in [1.807, 2.05) is 0 Å². The van der Waals surface area contributed by atoms with Gasteiger partial charge in [0.1, 0.15) is 0 Å². The fourth-order valence-corrected chi connectivity index (χ4v) is 11.3. The molecular formula is C29H48O2. The van der Waals surface area contributed by atoms with Gasteiger partial charge in [-0.1, -0.05) is 27.7 Å². The summed E-state index contributed by atoms with van der Waals surface area (Å²) in [5, 5.41) is 10.6. The van der Waals surface area contributed by atoms with Crippen molar-refractivity contribution in [3.8, 4) is 0 Å². The Morgan fingerprint density at radius 2 is 1.65 bits per heavy atom. The quantitative estimate of drug-likeness (QED) is 0.489. The highest BCUT2D eigenvalue weighted by atomic mass is 16.6. The summed E-state index contributed by atoms with van der Waals surface area (Å²) in [4.78, 5) is 0. The maximum atomic E-state index is 10.6. The second kappa shape index (κ2) is 6.32. The summed E-state index contributed by atoms with van der Waals surface area (Å²) < 4.78 is 5.91. The molecule has 6 aliphatic rings. The van der Waals surface area contributed by atoms with Crippen molar-refractivity contribution >= 4 is 0 Å². The minimum absolute atomic E-state index is 0.0357. The van der Waals surface area contributed by atoms with Gasteiger partial charge in [-0.3, -0.25) is 0 Å². The number of aliphatic hydroxyl groups is 1. The van der Waals surface area contributed by atoms with Crippen LogP contribution in [0.3, 0.4) is 0 Å². The van der Waals surface area contributed by atoms with Gasteiger partial charge in [0.05, 0.1) is 17.8 Å². The maximum absolute atomic E-state index is 10.6. The van der Waals surface area contributed by atoms with E-state index in [1.165, 1.54) is 64.2 Å². The summed E-state index contributed by atoms with van der Waals surface area (Å²) >= 11 is 0. The summed E-state index contributed by atoms with van der Waals surface area (Å²) in [6.07, 6.45) is 15.7. The number of hydrogen-bond donors (Lipinski definition) is 1. The first kappa shape index (κ1) is 21.5. The summed E-state index contributed by atoms with van der Waals surface area (Å²) in [5.74, 6) is 4.01. The summed E-state index contributed by atoms with van der Waals surface area (Å²) in [6, 6.07) is 0. The molecule has 1 saturated heterocycles. The number of rotatable bonds is 4. The molecule has 1 heterocycles. The van der Waals surface area contributed by atoms with Crippen molar-refractivity contribution in [3.05, 3.63) is 0 Å². The highest BCUT2D eigenvalue weighted by Gasteiger charge is 2.81. The standard InChI is InChI=1S/C29H48O2/c1-18(7-10-24-25(3,4)31-24)20-11-13-27(6)23-9-8-21-19(2)22(30)12-14-28(21)17-29(23,28)16-15-26(20,27)5/h18-24,30H,7-17H2,1-6H3/t18-,19+,20-,21+,22+,23+,24-,26-,27+,28-,29+/m1/s1. The van der Waals surface area contributed by atoms with Crippen molar-refractivity contribution in [1.82, 2.24) is 0 Å². The van der Waals surface area contributed by atoms with Crippen LogP contribution in [0, 0.1) is 51.2 Å². The lowest BCUT2D eigenvalue weighted by molar-refractivity contribution is -0.142. The van der Waals surface area contributed by atoms with E-state index >= 15 is 0 Å². The molecule has 6 fully saturated rings. The van der Waals surface area contributed by atoms with Crippen molar-refractivity contribution in [2.75, 3.05) is 0 Å². The number of hydrogen-bond acceptors (Lipinski definition) is 2. The summed E-state index contributed by atoms with van der Waals surface area (Å²) in [6.45, 7) is 14.9. The molecule has 2 heteroatoms. The van der Waals surface area contributed by atoms with Crippen LogP contribution < -0.4 is 0 Å². The van der Waals surface area contributed by atoms with Crippen LogP contribution >= 0.6 is 0 Å². The minimum Gasteiger partial charge on any atom is -0.393 e.